The number of imide groups is 1. The fourth-order valence-electron chi connectivity index (χ4n) is 3.03. The van der Waals surface area contributed by atoms with Crippen LogP contribution in [0.1, 0.15) is 25.3 Å². The van der Waals surface area contributed by atoms with E-state index in [2.05, 4.69) is 10.6 Å². The van der Waals surface area contributed by atoms with Crippen LogP contribution in [-0.2, 0) is 9.59 Å². The number of carbonyl (C=O) groups is 3. The van der Waals surface area contributed by atoms with Crippen LogP contribution in [-0.4, -0.2) is 39.8 Å². The van der Waals surface area contributed by atoms with Crippen molar-refractivity contribution in [1.82, 2.24) is 10.2 Å². The van der Waals surface area contributed by atoms with Crippen LogP contribution in [0.3, 0.4) is 0 Å². The van der Waals surface area contributed by atoms with Gasteiger partial charge < -0.3 is 10.6 Å². The van der Waals surface area contributed by atoms with E-state index in [0.717, 1.165) is 17.7 Å². The zero-order chi connectivity index (χ0) is 18.4. The van der Waals surface area contributed by atoms with Crippen molar-refractivity contribution in [2.24, 2.45) is 5.92 Å². The summed E-state index contributed by atoms with van der Waals surface area (Å²) in [6.07, 6.45) is 1.72. The first kappa shape index (κ1) is 16.9. The Bertz CT molecular complexity index is 789. The zero-order valence-corrected chi connectivity index (χ0v) is 13.9. The molecule has 1 atom stereocenters. The molecule has 2 aliphatic rings. The number of carbonyl (C=O) groups excluding carboxylic acids is 3. The number of aryl methyl sites for hydroxylation is 1. The van der Waals surface area contributed by atoms with Gasteiger partial charge in [-0.25, -0.2) is 4.79 Å². The van der Waals surface area contributed by atoms with Crippen molar-refractivity contribution < 1.29 is 19.3 Å². The van der Waals surface area contributed by atoms with E-state index < -0.39 is 34.9 Å². The van der Waals surface area contributed by atoms with Gasteiger partial charge in [-0.05, 0) is 44.2 Å². The molecule has 4 amide bonds. The molecular weight excluding hydrogens is 328 g/mol. The average molecular weight is 346 g/mol. The fraction of sp³-hybridized carbons (Fsp3) is 0.438. The summed E-state index contributed by atoms with van der Waals surface area (Å²) in [6, 6.07) is 3.77. The van der Waals surface area contributed by atoms with E-state index in [0.29, 0.717) is 5.56 Å². The largest absolute Gasteiger partial charge is 0.325 e. The third-order valence-corrected chi connectivity index (χ3v) is 4.62. The number of hydrogen-bond donors (Lipinski definition) is 2. The van der Waals surface area contributed by atoms with Crippen molar-refractivity contribution in [2.75, 3.05) is 11.9 Å². The lowest BCUT2D eigenvalue weighted by atomic mass is 9.96. The third kappa shape index (κ3) is 3.04. The SMILES string of the molecule is Cc1ccc(NC(=O)CN2C(=O)N[C@@](C)(C3CC3)C2=O)c([N+](=O)[O-])c1. The van der Waals surface area contributed by atoms with E-state index in [1.165, 1.54) is 12.1 Å². The molecule has 9 nitrogen and oxygen atoms in total. The second-order valence-electron chi connectivity index (χ2n) is 6.62. The molecule has 132 valence electrons. The van der Waals surface area contributed by atoms with Gasteiger partial charge >= 0.3 is 6.03 Å². The van der Waals surface area contributed by atoms with Gasteiger partial charge in [-0.1, -0.05) is 6.07 Å². The van der Waals surface area contributed by atoms with E-state index in [4.69, 9.17) is 0 Å². The third-order valence-electron chi connectivity index (χ3n) is 4.62. The van der Waals surface area contributed by atoms with Crippen LogP contribution in [0.5, 0.6) is 0 Å². The lowest BCUT2D eigenvalue weighted by Crippen LogP contribution is -2.46. The standard InChI is InChI=1S/C16H18N4O5/c1-9-3-6-11(12(7-9)20(24)25)17-13(21)8-19-14(22)16(2,10-4-5-10)18-15(19)23/h3,6-7,10H,4-5,8H2,1-2H3,(H,17,21)(H,18,23)/t16-/m0/s1. The highest BCUT2D eigenvalue weighted by molar-refractivity contribution is 6.10. The molecule has 1 saturated heterocycles. The number of nitro benzene ring substituents is 1. The number of amides is 4. The maximum absolute atomic E-state index is 12.5. The average Bonchev–Trinajstić information content (AvgIpc) is 3.35. The molecular formula is C16H18N4O5. The Labute approximate surface area is 143 Å². The highest BCUT2D eigenvalue weighted by atomic mass is 16.6. The Morgan fingerprint density at radius 2 is 2.12 bits per heavy atom. The Balaban J connectivity index is 1.72. The van der Waals surface area contributed by atoms with Gasteiger partial charge in [-0.2, -0.15) is 0 Å². The summed E-state index contributed by atoms with van der Waals surface area (Å²) in [5.41, 5.74) is -0.502. The molecule has 0 spiro atoms. The predicted octanol–water partition coefficient (Wildman–Crippen LogP) is 1.56. The van der Waals surface area contributed by atoms with E-state index in [-0.39, 0.29) is 17.3 Å². The number of nitro groups is 1. The normalized spacial score (nSPS) is 22.7. The number of urea groups is 1. The van der Waals surface area contributed by atoms with Crippen LogP contribution in [0, 0.1) is 23.0 Å². The van der Waals surface area contributed by atoms with Crippen LogP contribution in [0.15, 0.2) is 18.2 Å². The van der Waals surface area contributed by atoms with Gasteiger partial charge in [0.1, 0.15) is 17.8 Å². The molecule has 9 heteroatoms. The summed E-state index contributed by atoms with van der Waals surface area (Å²) in [6.45, 7) is 2.87. The molecule has 2 N–H and O–H groups in total. The smallest absolute Gasteiger partial charge is 0.323 e. The molecule has 1 aromatic carbocycles. The van der Waals surface area contributed by atoms with Crippen molar-refractivity contribution >= 4 is 29.2 Å². The van der Waals surface area contributed by atoms with Crippen molar-refractivity contribution in [3.63, 3.8) is 0 Å². The molecule has 1 saturated carbocycles. The number of nitrogens with zero attached hydrogens (tertiary/aromatic N) is 2. The number of benzene rings is 1. The molecule has 1 aromatic rings. The monoisotopic (exact) mass is 346 g/mol. The van der Waals surface area contributed by atoms with Gasteiger partial charge in [0.05, 0.1) is 4.92 Å². The summed E-state index contributed by atoms with van der Waals surface area (Å²) >= 11 is 0. The topological polar surface area (TPSA) is 122 Å². The molecule has 1 heterocycles. The van der Waals surface area contributed by atoms with E-state index >= 15 is 0 Å². The quantitative estimate of drug-likeness (QED) is 0.476. The van der Waals surface area contributed by atoms with Crippen molar-refractivity contribution in [3.8, 4) is 0 Å². The minimum absolute atomic E-state index is 0.0256. The van der Waals surface area contributed by atoms with Gasteiger partial charge in [0, 0.05) is 6.07 Å². The summed E-state index contributed by atoms with van der Waals surface area (Å²) in [5, 5.41) is 16.1. The summed E-state index contributed by atoms with van der Waals surface area (Å²) in [4.78, 5) is 48.1. The molecule has 2 fully saturated rings. The highest BCUT2D eigenvalue weighted by Crippen LogP contribution is 2.42. The van der Waals surface area contributed by atoms with E-state index in [1.807, 2.05) is 0 Å². The molecule has 3 rings (SSSR count). The number of nitrogens with one attached hydrogen (secondary N) is 2. The maximum atomic E-state index is 12.5. The molecule has 0 radical (unpaired) electrons. The van der Waals surface area contributed by atoms with Crippen molar-refractivity contribution in [2.45, 2.75) is 32.2 Å². The lowest BCUT2D eigenvalue weighted by Gasteiger charge is -2.20. The van der Waals surface area contributed by atoms with Crippen LogP contribution in [0.2, 0.25) is 0 Å². The molecule has 1 aliphatic heterocycles. The minimum Gasteiger partial charge on any atom is -0.323 e. The van der Waals surface area contributed by atoms with E-state index in [1.54, 1.807) is 19.9 Å². The molecule has 1 aliphatic carbocycles. The van der Waals surface area contributed by atoms with Gasteiger partial charge in [0.25, 0.3) is 11.6 Å². The van der Waals surface area contributed by atoms with Crippen molar-refractivity contribution in [1.29, 1.82) is 0 Å². The first-order valence-corrected chi connectivity index (χ1v) is 7.91. The Morgan fingerprint density at radius 1 is 1.44 bits per heavy atom. The van der Waals surface area contributed by atoms with Crippen LogP contribution in [0.25, 0.3) is 0 Å². The Hall–Kier alpha value is -2.97. The highest BCUT2D eigenvalue weighted by Gasteiger charge is 2.56. The Kier molecular flexibility index (Phi) is 3.94. The van der Waals surface area contributed by atoms with Crippen LogP contribution in [0.4, 0.5) is 16.2 Å². The number of hydrogen-bond acceptors (Lipinski definition) is 5. The lowest BCUT2D eigenvalue weighted by molar-refractivity contribution is -0.384. The van der Waals surface area contributed by atoms with Gasteiger partial charge in [0.2, 0.25) is 5.91 Å². The fourth-order valence-corrected chi connectivity index (χ4v) is 3.03. The van der Waals surface area contributed by atoms with Gasteiger partial charge in [-0.3, -0.25) is 24.6 Å². The number of anilines is 1. The second kappa shape index (κ2) is 5.83. The minimum atomic E-state index is -0.965. The Morgan fingerprint density at radius 3 is 2.72 bits per heavy atom. The van der Waals surface area contributed by atoms with E-state index in [9.17, 15) is 24.5 Å². The first-order valence-electron chi connectivity index (χ1n) is 7.91. The maximum Gasteiger partial charge on any atom is 0.325 e. The molecule has 0 aromatic heterocycles. The molecule has 25 heavy (non-hydrogen) atoms. The first-order chi connectivity index (χ1) is 11.7. The second-order valence-corrected chi connectivity index (χ2v) is 6.62. The van der Waals surface area contributed by atoms with Crippen LogP contribution >= 0.6 is 0 Å². The molecule has 0 unspecified atom stereocenters. The predicted molar refractivity (Wildman–Crippen MR) is 87.8 cm³/mol. The van der Waals surface area contributed by atoms with Gasteiger partial charge in [-0.15, -0.1) is 0 Å². The summed E-state index contributed by atoms with van der Waals surface area (Å²) < 4.78 is 0. The van der Waals surface area contributed by atoms with Crippen molar-refractivity contribution in [3.05, 3.63) is 33.9 Å². The molecule has 0 bridgehead atoms. The van der Waals surface area contributed by atoms with Crippen LogP contribution < -0.4 is 10.6 Å². The number of rotatable bonds is 5. The summed E-state index contributed by atoms with van der Waals surface area (Å²) in [7, 11) is 0. The van der Waals surface area contributed by atoms with Gasteiger partial charge in [0.15, 0.2) is 0 Å². The zero-order valence-electron chi connectivity index (χ0n) is 13.9. The summed E-state index contributed by atoms with van der Waals surface area (Å²) in [5.74, 6) is -1.01.